The second-order valence-electron chi connectivity index (χ2n) is 6.42. The molecule has 2 aromatic rings. The number of rotatable bonds is 5. The molecule has 1 saturated heterocycles. The Morgan fingerprint density at radius 2 is 2.19 bits per heavy atom. The molecular weight excluding hydrogens is 364 g/mol. The van der Waals surface area contributed by atoms with E-state index in [9.17, 15) is 13.2 Å². The van der Waals surface area contributed by atoms with E-state index >= 15 is 0 Å². The Morgan fingerprint density at radius 1 is 1.37 bits per heavy atom. The molecule has 0 aliphatic carbocycles. The minimum atomic E-state index is -3.00. The summed E-state index contributed by atoms with van der Waals surface area (Å²) in [7, 11) is -3.00. The maximum Gasteiger partial charge on any atom is 0.257 e. The predicted molar refractivity (Wildman–Crippen MR) is 103 cm³/mol. The third-order valence-electron chi connectivity index (χ3n) is 4.56. The number of nitrogens with one attached hydrogen (secondary N) is 1. The molecule has 7 nitrogen and oxygen atoms in total. The number of nitrogens with zero attached hydrogens (tertiary/aromatic N) is 3. The van der Waals surface area contributed by atoms with Gasteiger partial charge in [0, 0.05) is 24.5 Å². The van der Waals surface area contributed by atoms with Crippen LogP contribution >= 0.6 is 0 Å². The third-order valence-corrected chi connectivity index (χ3v) is 6.31. The molecule has 8 heteroatoms. The van der Waals surface area contributed by atoms with Gasteiger partial charge in [-0.1, -0.05) is 6.07 Å². The van der Waals surface area contributed by atoms with E-state index in [2.05, 4.69) is 10.3 Å². The lowest BCUT2D eigenvalue weighted by Gasteiger charge is -2.29. The van der Waals surface area contributed by atoms with Gasteiger partial charge in [-0.05, 0) is 37.6 Å². The van der Waals surface area contributed by atoms with Crippen LogP contribution in [-0.4, -0.2) is 43.4 Å². The second kappa shape index (κ2) is 7.76. The summed E-state index contributed by atoms with van der Waals surface area (Å²) < 4.78 is 23.6. The van der Waals surface area contributed by atoms with E-state index in [4.69, 9.17) is 5.26 Å². The molecular formula is C19H20N4O3S. The first-order valence-corrected chi connectivity index (χ1v) is 10.5. The Hall–Kier alpha value is -2.92. The number of aromatic nitrogens is 1. The van der Waals surface area contributed by atoms with Crippen LogP contribution in [0.15, 0.2) is 42.7 Å². The van der Waals surface area contributed by atoms with E-state index in [-0.39, 0.29) is 23.5 Å². The molecule has 0 bridgehead atoms. The summed E-state index contributed by atoms with van der Waals surface area (Å²) in [6, 6.07) is 10.3. The van der Waals surface area contributed by atoms with Gasteiger partial charge in [0.05, 0.1) is 40.6 Å². The summed E-state index contributed by atoms with van der Waals surface area (Å²) in [6.45, 7) is 2.57. The quantitative estimate of drug-likeness (QED) is 0.848. The molecule has 1 N–H and O–H groups in total. The zero-order valence-corrected chi connectivity index (χ0v) is 15.7. The fourth-order valence-electron chi connectivity index (χ4n) is 3.25. The molecule has 3 rings (SSSR count). The van der Waals surface area contributed by atoms with Crippen molar-refractivity contribution in [3.8, 4) is 6.07 Å². The lowest BCUT2D eigenvalue weighted by Crippen LogP contribution is -2.36. The Balaban J connectivity index is 1.80. The van der Waals surface area contributed by atoms with E-state index in [1.54, 1.807) is 36.5 Å². The Bertz CT molecular complexity index is 998. The molecule has 1 aliphatic rings. The smallest absolute Gasteiger partial charge is 0.257 e. The van der Waals surface area contributed by atoms with Crippen molar-refractivity contribution in [3.63, 3.8) is 0 Å². The number of hydrogen-bond acceptors (Lipinski definition) is 6. The monoisotopic (exact) mass is 384 g/mol. The summed E-state index contributed by atoms with van der Waals surface area (Å²) in [5, 5.41) is 11.7. The highest BCUT2D eigenvalue weighted by molar-refractivity contribution is 7.91. The van der Waals surface area contributed by atoms with Crippen molar-refractivity contribution < 1.29 is 13.2 Å². The van der Waals surface area contributed by atoms with Crippen LogP contribution in [0.1, 0.15) is 29.3 Å². The van der Waals surface area contributed by atoms with Gasteiger partial charge in [0.1, 0.15) is 0 Å². The number of nitriles is 1. The van der Waals surface area contributed by atoms with Gasteiger partial charge in [-0.3, -0.25) is 9.78 Å². The highest BCUT2D eigenvalue weighted by Gasteiger charge is 2.32. The summed E-state index contributed by atoms with van der Waals surface area (Å²) in [5.41, 5.74) is 2.07. The van der Waals surface area contributed by atoms with Crippen molar-refractivity contribution in [2.24, 2.45) is 0 Å². The van der Waals surface area contributed by atoms with Crippen LogP contribution < -0.4 is 10.2 Å². The van der Waals surface area contributed by atoms with Gasteiger partial charge in [0.2, 0.25) is 0 Å². The highest BCUT2D eigenvalue weighted by Crippen LogP contribution is 2.24. The van der Waals surface area contributed by atoms with Crippen molar-refractivity contribution in [3.05, 3.63) is 53.9 Å². The number of benzene rings is 1. The lowest BCUT2D eigenvalue weighted by atomic mass is 10.1. The number of sulfone groups is 1. The van der Waals surface area contributed by atoms with E-state index in [0.717, 1.165) is 5.69 Å². The largest absolute Gasteiger partial charge is 0.367 e. The Morgan fingerprint density at radius 3 is 2.85 bits per heavy atom. The molecule has 140 valence electrons. The molecule has 0 radical (unpaired) electrons. The molecule has 1 atom stereocenters. The molecule has 1 aromatic carbocycles. The van der Waals surface area contributed by atoms with E-state index in [1.165, 1.54) is 6.20 Å². The lowest BCUT2D eigenvalue weighted by molar-refractivity contribution is 0.102. The fraction of sp³-hybridized carbons (Fsp3) is 0.316. The summed E-state index contributed by atoms with van der Waals surface area (Å²) in [5.74, 6) is -0.0237. The number of anilines is 2. The van der Waals surface area contributed by atoms with Gasteiger partial charge in [0.15, 0.2) is 9.84 Å². The van der Waals surface area contributed by atoms with Crippen LogP contribution in [0, 0.1) is 11.3 Å². The molecule has 1 amide bonds. The molecule has 1 fully saturated rings. The van der Waals surface area contributed by atoms with E-state index in [1.807, 2.05) is 17.9 Å². The van der Waals surface area contributed by atoms with Crippen molar-refractivity contribution in [2.75, 3.05) is 28.3 Å². The zero-order valence-electron chi connectivity index (χ0n) is 14.9. The zero-order chi connectivity index (χ0) is 19.4. The maximum atomic E-state index is 12.6. The van der Waals surface area contributed by atoms with Crippen LogP contribution in [0.4, 0.5) is 11.4 Å². The number of carbonyl (C=O) groups excluding carboxylic acids is 1. The van der Waals surface area contributed by atoms with Crippen LogP contribution in [0.2, 0.25) is 0 Å². The van der Waals surface area contributed by atoms with Crippen LogP contribution in [-0.2, 0) is 9.84 Å². The normalized spacial score (nSPS) is 17.9. The first-order valence-electron chi connectivity index (χ1n) is 8.65. The van der Waals surface area contributed by atoms with Crippen LogP contribution in [0.25, 0.3) is 0 Å². The standard InChI is InChI=1S/C19H20N4O3S/c1-2-23(17-6-7-27(25,26)13-17)18-9-15(11-21-12-18)19(24)22-16-5-3-4-14(8-16)10-20/h3-5,8-9,11-12,17H,2,6-7,13H2,1H3,(H,22,24). The Labute approximate surface area is 158 Å². The van der Waals surface area contributed by atoms with E-state index in [0.29, 0.717) is 29.8 Å². The molecule has 1 aromatic heterocycles. The minimum Gasteiger partial charge on any atom is -0.367 e. The van der Waals surface area contributed by atoms with Crippen LogP contribution in [0.5, 0.6) is 0 Å². The highest BCUT2D eigenvalue weighted by atomic mass is 32.2. The molecule has 0 saturated carbocycles. The number of carbonyl (C=O) groups is 1. The topological polar surface area (TPSA) is 103 Å². The molecule has 2 heterocycles. The summed E-state index contributed by atoms with van der Waals surface area (Å²) in [4.78, 5) is 18.7. The van der Waals surface area contributed by atoms with Gasteiger partial charge >= 0.3 is 0 Å². The molecule has 1 unspecified atom stereocenters. The van der Waals surface area contributed by atoms with Crippen LogP contribution in [0.3, 0.4) is 0 Å². The number of hydrogen-bond donors (Lipinski definition) is 1. The first-order chi connectivity index (χ1) is 12.9. The van der Waals surface area contributed by atoms with Gasteiger partial charge in [-0.25, -0.2) is 8.42 Å². The first kappa shape index (κ1) is 18.9. The van der Waals surface area contributed by atoms with Crippen molar-refractivity contribution in [1.29, 1.82) is 5.26 Å². The number of amides is 1. The maximum absolute atomic E-state index is 12.6. The van der Waals surface area contributed by atoms with Gasteiger partial charge in [0.25, 0.3) is 5.91 Å². The second-order valence-corrected chi connectivity index (χ2v) is 8.65. The van der Waals surface area contributed by atoms with Crippen molar-refractivity contribution in [1.82, 2.24) is 4.98 Å². The SMILES string of the molecule is CCN(c1cncc(C(=O)Nc2cccc(C#N)c2)c1)C1CCS(=O)(=O)C1. The molecule has 27 heavy (non-hydrogen) atoms. The average Bonchev–Trinajstić information content (AvgIpc) is 3.02. The summed E-state index contributed by atoms with van der Waals surface area (Å²) >= 11 is 0. The summed E-state index contributed by atoms with van der Waals surface area (Å²) in [6.07, 6.45) is 3.68. The van der Waals surface area contributed by atoms with Gasteiger partial charge < -0.3 is 10.2 Å². The molecule has 1 aliphatic heterocycles. The van der Waals surface area contributed by atoms with E-state index < -0.39 is 9.84 Å². The average molecular weight is 384 g/mol. The number of pyridine rings is 1. The molecule has 0 spiro atoms. The fourth-order valence-corrected chi connectivity index (χ4v) is 4.98. The van der Waals surface area contributed by atoms with Gasteiger partial charge in [-0.15, -0.1) is 0 Å². The van der Waals surface area contributed by atoms with Crippen molar-refractivity contribution >= 4 is 27.1 Å². The van der Waals surface area contributed by atoms with Crippen molar-refractivity contribution in [2.45, 2.75) is 19.4 Å². The minimum absolute atomic E-state index is 0.104. The Kier molecular flexibility index (Phi) is 5.42. The third kappa shape index (κ3) is 4.44. The van der Waals surface area contributed by atoms with Gasteiger partial charge in [-0.2, -0.15) is 5.26 Å². The predicted octanol–water partition coefficient (Wildman–Crippen LogP) is 2.22.